The van der Waals surface area contributed by atoms with Gasteiger partial charge in [0.25, 0.3) is 0 Å². The number of hydrogen-bond donors (Lipinski definition) is 0. The molecule has 2 heteroatoms. The van der Waals surface area contributed by atoms with Gasteiger partial charge in [-0.15, -0.1) is 0 Å². The number of hydrogen-bond acceptors (Lipinski definition) is 1. The van der Waals surface area contributed by atoms with Crippen LogP contribution in [0.5, 0.6) is 0 Å². The second-order valence-corrected chi connectivity index (χ2v) is 14.0. The summed E-state index contributed by atoms with van der Waals surface area (Å²) in [5, 5.41) is 4.88. The topological polar surface area (TPSA) is 18.1 Å². The minimum absolute atomic E-state index is 0.515. The Morgan fingerprint density at radius 3 is 1.86 bits per heavy atom. The summed E-state index contributed by atoms with van der Waals surface area (Å²) in [4.78, 5) is 0. The monoisotopic (exact) mass is 647 g/mol. The number of nitrogens with zero attached hydrogens (tertiary/aromatic N) is 1. The molecule has 10 aromatic rings. The molecule has 2 heterocycles. The number of aromatic nitrogens is 1. The van der Waals surface area contributed by atoms with E-state index in [0.29, 0.717) is 0 Å². The van der Waals surface area contributed by atoms with Crippen LogP contribution in [0.15, 0.2) is 180 Å². The van der Waals surface area contributed by atoms with E-state index in [4.69, 9.17) is 4.42 Å². The van der Waals surface area contributed by atoms with Crippen molar-refractivity contribution in [3.8, 4) is 39.1 Å². The van der Waals surface area contributed by atoms with E-state index in [1.165, 1.54) is 82.8 Å². The first-order chi connectivity index (χ1) is 25.3. The van der Waals surface area contributed by atoms with Crippen LogP contribution in [0.3, 0.4) is 0 Å². The van der Waals surface area contributed by atoms with Crippen LogP contribution in [-0.4, -0.2) is 4.57 Å². The average Bonchev–Trinajstić information content (AvgIpc) is 3.91. The van der Waals surface area contributed by atoms with Gasteiger partial charge in [-0.05, 0) is 98.1 Å². The van der Waals surface area contributed by atoms with Crippen LogP contribution >= 0.6 is 0 Å². The highest BCUT2D eigenvalue weighted by Crippen LogP contribution is 2.65. The number of furan rings is 1. The van der Waals surface area contributed by atoms with E-state index < -0.39 is 5.41 Å². The molecule has 0 aliphatic heterocycles. The van der Waals surface area contributed by atoms with Crippen LogP contribution in [0, 0.1) is 0 Å². The number of rotatable bonds is 2. The summed E-state index contributed by atoms with van der Waals surface area (Å²) in [5.41, 5.74) is 17.8. The fourth-order valence-electron chi connectivity index (χ4n) is 9.64. The maximum atomic E-state index is 6.57. The molecular formula is C49H29NO. The van der Waals surface area contributed by atoms with Gasteiger partial charge < -0.3 is 8.98 Å². The van der Waals surface area contributed by atoms with Crippen molar-refractivity contribution in [3.05, 3.63) is 198 Å². The Hall–Kier alpha value is -6.64. The Morgan fingerprint density at radius 1 is 0.392 bits per heavy atom. The SMILES string of the molecule is c1ccc(-c2ccc3c(c2)c2ccccc2n3-c2ccc3c(c2)C2(c4ccccc4-c4ccccc42)c2c-3ccc3oc4ccccc4c23)cc1. The largest absolute Gasteiger partial charge is 0.456 e. The lowest BCUT2D eigenvalue weighted by atomic mass is 9.69. The van der Waals surface area contributed by atoms with Crippen molar-refractivity contribution in [2.45, 2.75) is 5.41 Å². The summed E-state index contributed by atoms with van der Waals surface area (Å²) in [6.45, 7) is 0. The molecule has 12 rings (SSSR count). The van der Waals surface area contributed by atoms with Crippen LogP contribution in [0.2, 0.25) is 0 Å². The van der Waals surface area contributed by atoms with E-state index in [1.54, 1.807) is 0 Å². The van der Waals surface area contributed by atoms with Gasteiger partial charge in [0, 0.05) is 27.2 Å². The molecule has 236 valence electrons. The highest BCUT2D eigenvalue weighted by Gasteiger charge is 2.53. The van der Waals surface area contributed by atoms with Gasteiger partial charge in [-0.1, -0.05) is 133 Å². The zero-order valence-corrected chi connectivity index (χ0v) is 27.6. The standard InChI is InChI=1S/C49H29NO/c1-2-12-30(13-3-1)31-22-26-44-39(28-31)36-16-6-10-20-43(36)50(44)32-23-24-35-37-25-27-46-47(38-17-7-11-21-45(38)51-46)48(37)49(42(35)29-32)40-18-8-4-14-33(40)34-15-5-9-19-41(34)49/h1-29H. The van der Waals surface area contributed by atoms with Gasteiger partial charge >= 0.3 is 0 Å². The van der Waals surface area contributed by atoms with Crippen molar-refractivity contribution in [1.82, 2.24) is 4.57 Å². The molecule has 1 spiro atoms. The highest BCUT2D eigenvalue weighted by molar-refractivity contribution is 6.14. The molecule has 0 saturated heterocycles. The second kappa shape index (κ2) is 9.74. The van der Waals surface area contributed by atoms with Crippen LogP contribution < -0.4 is 0 Å². The number of para-hydroxylation sites is 2. The Kier molecular flexibility index (Phi) is 5.20. The smallest absolute Gasteiger partial charge is 0.135 e. The fraction of sp³-hybridized carbons (Fsp3) is 0.0204. The highest BCUT2D eigenvalue weighted by atomic mass is 16.3. The van der Waals surface area contributed by atoms with Crippen molar-refractivity contribution in [1.29, 1.82) is 0 Å². The van der Waals surface area contributed by atoms with E-state index in [2.05, 4.69) is 180 Å². The summed E-state index contributed by atoms with van der Waals surface area (Å²) in [6, 6.07) is 64.7. The molecule has 0 atom stereocenters. The molecule has 0 bridgehead atoms. The lowest BCUT2D eigenvalue weighted by Gasteiger charge is -2.31. The lowest BCUT2D eigenvalue weighted by Crippen LogP contribution is -2.26. The maximum Gasteiger partial charge on any atom is 0.135 e. The van der Waals surface area contributed by atoms with E-state index in [-0.39, 0.29) is 0 Å². The van der Waals surface area contributed by atoms with Crippen molar-refractivity contribution >= 4 is 43.7 Å². The Morgan fingerprint density at radius 2 is 1.04 bits per heavy atom. The molecule has 2 nitrogen and oxygen atoms in total. The normalized spacial score (nSPS) is 13.6. The first-order valence-electron chi connectivity index (χ1n) is 17.7. The van der Waals surface area contributed by atoms with Crippen molar-refractivity contribution in [2.75, 3.05) is 0 Å². The molecule has 0 saturated carbocycles. The third-order valence-corrected chi connectivity index (χ3v) is 11.6. The quantitative estimate of drug-likeness (QED) is 0.183. The first-order valence-corrected chi connectivity index (χ1v) is 17.7. The second-order valence-electron chi connectivity index (χ2n) is 14.0. The molecule has 51 heavy (non-hydrogen) atoms. The molecule has 2 aliphatic rings. The summed E-state index contributed by atoms with van der Waals surface area (Å²) < 4.78 is 9.04. The van der Waals surface area contributed by atoms with Gasteiger partial charge in [0.1, 0.15) is 11.2 Å². The minimum atomic E-state index is -0.515. The minimum Gasteiger partial charge on any atom is -0.456 e. The molecule has 2 aromatic heterocycles. The Labute approximate surface area is 294 Å². The summed E-state index contributed by atoms with van der Waals surface area (Å²) in [7, 11) is 0. The van der Waals surface area contributed by atoms with Gasteiger partial charge in [0.15, 0.2) is 0 Å². The van der Waals surface area contributed by atoms with E-state index in [0.717, 1.165) is 22.2 Å². The van der Waals surface area contributed by atoms with Gasteiger partial charge in [0.2, 0.25) is 0 Å². The summed E-state index contributed by atoms with van der Waals surface area (Å²) in [6.07, 6.45) is 0. The molecule has 8 aromatic carbocycles. The lowest BCUT2D eigenvalue weighted by molar-refractivity contribution is 0.668. The zero-order chi connectivity index (χ0) is 33.3. The van der Waals surface area contributed by atoms with E-state index >= 15 is 0 Å². The van der Waals surface area contributed by atoms with Crippen LogP contribution in [0.4, 0.5) is 0 Å². The molecule has 0 amide bonds. The third kappa shape index (κ3) is 3.37. The molecule has 0 radical (unpaired) electrons. The van der Waals surface area contributed by atoms with E-state index in [1.807, 2.05) is 0 Å². The Balaban J connectivity index is 1.20. The third-order valence-electron chi connectivity index (χ3n) is 11.6. The number of fused-ring (bicyclic) bond motifs is 17. The Bertz CT molecular complexity index is 3040. The van der Waals surface area contributed by atoms with E-state index in [9.17, 15) is 0 Å². The van der Waals surface area contributed by atoms with Crippen molar-refractivity contribution in [2.24, 2.45) is 0 Å². The first kappa shape index (κ1) is 27.2. The van der Waals surface area contributed by atoms with Crippen molar-refractivity contribution < 1.29 is 4.42 Å². The fourth-order valence-corrected chi connectivity index (χ4v) is 9.64. The predicted molar refractivity (Wildman–Crippen MR) is 210 cm³/mol. The molecule has 0 unspecified atom stereocenters. The summed E-state index contributed by atoms with van der Waals surface area (Å²) >= 11 is 0. The van der Waals surface area contributed by atoms with Gasteiger partial charge in [-0.25, -0.2) is 0 Å². The zero-order valence-electron chi connectivity index (χ0n) is 27.6. The average molecular weight is 648 g/mol. The molecular weight excluding hydrogens is 619 g/mol. The molecule has 2 aliphatic carbocycles. The maximum absolute atomic E-state index is 6.57. The summed E-state index contributed by atoms with van der Waals surface area (Å²) in [5.74, 6) is 0. The van der Waals surface area contributed by atoms with Crippen molar-refractivity contribution in [3.63, 3.8) is 0 Å². The van der Waals surface area contributed by atoms with Gasteiger partial charge in [0.05, 0.1) is 16.4 Å². The predicted octanol–water partition coefficient (Wildman–Crippen LogP) is 12.7. The van der Waals surface area contributed by atoms with Gasteiger partial charge in [-0.3, -0.25) is 0 Å². The van der Waals surface area contributed by atoms with Crippen LogP contribution in [-0.2, 0) is 5.41 Å². The van der Waals surface area contributed by atoms with Crippen LogP contribution in [0.1, 0.15) is 22.3 Å². The van der Waals surface area contributed by atoms with Gasteiger partial charge in [-0.2, -0.15) is 0 Å². The van der Waals surface area contributed by atoms with Crippen LogP contribution in [0.25, 0.3) is 82.8 Å². The molecule has 0 fully saturated rings. The molecule has 0 N–H and O–H groups in total. The number of benzene rings is 8.